The second kappa shape index (κ2) is 5.62. The normalized spacial score (nSPS) is 31.1. The van der Waals surface area contributed by atoms with E-state index >= 15 is 0 Å². The fraction of sp³-hybridized carbons (Fsp3) is 1.00. The fourth-order valence-corrected chi connectivity index (χ4v) is 2.05. The van der Waals surface area contributed by atoms with Crippen molar-refractivity contribution in [2.75, 3.05) is 0 Å². The summed E-state index contributed by atoms with van der Waals surface area (Å²) in [5, 5.41) is 0. The first kappa shape index (κ1) is 11.0. The van der Waals surface area contributed by atoms with E-state index in [1.807, 2.05) is 0 Å². The molecule has 0 N–H and O–H groups in total. The number of hydrogen-bond acceptors (Lipinski definition) is 0. The van der Waals surface area contributed by atoms with Gasteiger partial charge in [-0.2, -0.15) is 0 Å². The van der Waals surface area contributed by atoms with Crippen LogP contribution in [0, 0.1) is 11.8 Å². The Morgan fingerprint density at radius 3 is 1.36 bits per heavy atom. The highest BCUT2D eigenvalue weighted by molar-refractivity contribution is 4.70. The van der Waals surface area contributed by atoms with Crippen molar-refractivity contribution < 1.29 is 1.43 Å². The molecule has 0 aromatic carbocycles. The lowest BCUT2D eigenvalue weighted by Crippen LogP contribution is -2.12. The van der Waals surface area contributed by atoms with Gasteiger partial charge >= 0.3 is 0 Å². The Morgan fingerprint density at radius 1 is 0.909 bits per heavy atom. The number of rotatable bonds is 2. The number of hydrogen-bond donors (Lipinski definition) is 0. The molecule has 0 saturated heterocycles. The molecule has 0 spiro atoms. The van der Waals surface area contributed by atoms with Crippen molar-refractivity contribution in [3.63, 3.8) is 0 Å². The minimum Gasteiger partial charge on any atom is -0.0776 e. The molecule has 1 rings (SSSR count). The Kier molecular flexibility index (Phi) is 5.62. The van der Waals surface area contributed by atoms with Crippen molar-refractivity contribution in [3.8, 4) is 0 Å². The molecule has 11 heavy (non-hydrogen) atoms. The maximum Gasteiger partial charge on any atom is 0 e. The Hall–Kier alpha value is 0. The van der Waals surface area contributed by atoms with E-state index in [-0.39, 0.29) is 8.85 Å². The molecule has 1 fully saturated rings. The van der Waals surface area contributed by atoms with E-state index in [2.05, 4.69) is 13.8 Å². The van der Waals surface area contributed by atoms with Crippen molar-refractivity contribution in [3.05, 3.63) is 0 Å². The van der Waals surface area contributed by atoms with Gasteiger partial charge < -0.3 is 0 Å². The van der Waals surface area contributed by atoms with Gasteiger partial charge in [0.2, 0.25) is 0 Å². The highest BCUT2D eigenvalue weighted by Gasteiger charge is 2.17. The van der Waals surface area contributed by atoms with Gasteiger partial charge in [-0.3, -0.25) is 0 Å². The molecule has 0 heteroatoms. The monoisotopic (exact) mass is 158 g/mol. The summed E-state index contributed by atoms with van der Waals surface area (Å²) in [6.07, 6.45) is 8.86. The van der Waals surface area contributed by atoms with Crippen LogP contribution < -0.4 is 0 Å². The first-order valence-corrected chi connectivity index (χ1v) is 4.86. The molecule has 0 aliphatic heterocycles. The van der Waals surface area contributed by atoms with Crippen LogP contribution in [0.15, 0.2) is 0 Å². The third-order valence-corrected chi connectivity index (χ3v) is 3.12. The van der Waals surface area contributed by atoms with E-state index in [0.717, 1.165) is 11.8 Å². The maximum atomic E-state index is 2.33. The summed E-state index contributed by atoms with van der Waals surface area (Å²) in [6.45, 7) is 4.66. The molecule has 0 amide bonds. The third kappa shape index (κ3) is 3.27. The van der Waals surface area contributed by atoms with Crippen molar-refractivity contribution in [1.82, 2.24) is 0 Å². The Bertz CT molecular complexity index is 71.0. The van der Waals surface area contributed by atoms with Gasteiger partial charge in [0.15, 0.2) is 0 Å². The predicted octanol–water partition coefficient (Wildman–Crippen LogP) is 4.49. The highest BCUT2D eigenvalue weighted by atomic mass is 14.2. The smallest absolute Gasteiger partial charge is 0 e. The molecule has 70 valence electrons. The predicted molar refractivity (Wildman–Crippen MR) is 54.9 cm³/mol. The standard InChI is InChI=1S/C10H20.CH4.H2/c1-3-9-5-7-10(4-2)8-6-9;;/h9-10H,3-8H2,1-2H3;1H4;1H. The van der Waals surface area contributed by atoms with Crippen LogP contribution in [0.4, 0.5) is 0 Å². The molecular formula is C11H26. The van der Waals surface area contributed by atoms with Gasteiger partial charge in [0, 0.05) is 1.43 Å². The minimum atomic E-state index is 0. The lowest BCUT2D eigenvalue weighted by molar-refractivity contribution is 0.264. The Balaban J connectivity index is 0. The van der Waals surface area contributed by atoms with E-state index in [1.54, 1.807) is 0 Å². The Morgan fingerprint density at radius 2 is 1.18 bits per heavy atom. The van der Waals surface area contributed by atoms with Crippen LogP contribution in [0.2, 0.25) is 0 Å². The van der Waals surface area contributed by atoms with Crippen molar-refractivity contribution in [2.24, 2.45) is 11.8 Å². The summed E-state index contributed by atoms with van der Waals surface area (Å²) in [5.41, 5.74) is 0. The molecule has 1 saturated carbocycles. The molecule has 1 aliphatic rings. The average Bonchev–Trinajstić information content (AvgIpc) is 2.05. The molecule has 0 radical (unpaired) electrons. The summed E-state index contributed by atoms with van der Waals surface area (Å²) in [7, 11) is 0. The van der Waals surface area contributed by atoms with E-state index in [4.69, 9.17) is 0 Å². The quantitative estimate of drug-likeness (QED) is 0.555. The maximum absolute atomic E-state index is 2.33. The molecule has 0 atom stereocenters. The highest BCUT2D eigenvalue weighted by Crippen LogP contribution is 2.31. The van der Waals surface area contributed by atoms with E-state index < -0.39 is 0 Å². The molecular weight excluding hydrogens is 132 g/mol. The first-order chi connectivity index (χ1) is 4.86. The molecule has 0 heterocycles. The van der Waals surface area contributed by atoms with Crippen molar-refractivity contribution in [2.45, 2.75) is 59.8 Å². The van der Waals surface area contributed by atoms with E-state index in [1.165, 1.54) is 38.5 Å². The molecule has 0 bridgehead atoms. The van der Waals surface area contributed by atoms with Crippen molar-refractivity contribution >= 4 is 0 Å². The van der Waals surface area contributed by atoms with Gasteiger partial charge in [0.05, 0.1) is 0 Å². The van der Waals surface area contributed by atoms with Crippen LogP contribution in [0.1, 0.15) is 61.2 Å². The second-order valence-corrected chi connectivity index (χ2v) is 3.70. The van der Waals surface area contributed by atoms with Gasteiger partial charge in [0.1, 0.15) is 0 Å². The summed E-state index contributed by atoms with van der Waals surface area (Å²) >= 11 is 0. The lowest BCUT2D eigenvalue weighted by Gasteiger charge is -2.26. The average molecular weight is 158 g/mol. The van der Waals surface area contributed by atoms with Crippen LogP contribution in [0.25, 0.3) is 0 Å². The minimum absolute atomic E-state index is 0. The van der Waals surface area contributed by atoms with Crippen LogP contribution in [0.5, 0.6) is 0 Å². The van der Waals surface area contributed by atoms with Crippen LogP contribution in [0.3, 0.4) is 0 Å². The van der Waals surface area contributed by atoms with E-state index in [0.29, 0.717) is 0 Å². The van der Waals surface area contributed by atoms with Gasteiger partial charge in [-0.15, -0.1) is 0 Å². The molecule has 0 unspecified atom stereocenters. The SMILES string of the molecule is C.CCC1CCC(CC)CC1.[HH]. The topological polar surface area (TPSA) is 0 Å². The second-order valence-electron chi connectivity index (χ2n) is 3.70. The summed E-state index contributed by atoms with van der Waals surface area (Å²) in [5.74, 6) is 2.14. The summed E-state index contributed by atoms with van der Waals surface area (Å²) in [6, 6.07) is 0. The first-order valence-electron chi connectivity index (χ1n) is 4.86. The van der Waals surface area contributed by atoms with E-state index in [9.17, 15) is 0 Å². The van der Waals surface area contributed by atoms with Crippen LogP contribution >= 0.6 is 0 Å². The summed E-state index contributed by atoms with van der Waals surface area (Å²) < 4.78 is 0. The van der Waals surface area contributed by atoms with Crippen molar-refractivity contribution in [1.29, 1.82) is 0 Å². The largest absolute Gasteiger partial charge is 0.0776 e. The lowest BCUT2D eigenvalue weighted by atomic mass is 9.80. The molecule has 1 aliphatic carbocycles. The van der Waals surface area contributed by atoms with Crippen LogP contribution in [-0.2, 0) is 0 Å². The Labute approximate surface area is 73.9 Å². The third-order valence-electron chi connectivity index (χ3n) is 3.12. The molecule has 0 aromatic rings. The zero-order valence-electron chi connectivity index (χ0n) is 7.40. The zero-order valence-corrected chi connectivity index (χ0v) is 7.40. The fourth-order valence-electron chi connectivity index (χ4n) is 2.05. The van der Waals surface area contributed by atoms with Gasteiger partial charge in [-0.05, 0) is 11.8 Å². The summed E-state index contributed by atoms with van der Waals surface area (Å²) in [4.78, 5) is 0. The zero-order chi connectivity index (χ0) is 7.40. The molecule has 0 aromatic heterocycles. The van der Waals surface area contributed by atoms with Gasteiger partial charge in [-0.1, -0.05) is 59.8 Å². The van der Waals surface area contributed by atoms with Crippen LogP contribution in [-0.4, -0.2) is 0 Å². The van der Waals surface area contributed by atoms with Gasteiger partial charge in [0.25, 0.3) is 0 Å². The molecule has 0 nitrogen and oxygen atoms in total. The van der Waals surface area contributed by atoms with Gasteiger partial charge in [-0.25, -0.2) is 0 Å².